The molecule has 0 spiro atoms. The summed E-state index contributed by atoms with van der Waals surface area (Å²) in [4.78, 5) is 0. The van der Waals surface area contributed by atoms with Gasteiger partial charge in [-0.2, -0.15) is 0 Å². The first kappa shape index (κ1) is 16.1. The molecule has 0 radical (unpaired) electrons. The Morgan fingerprint density at radius 1 is 1.33 bits per heavy atom. The number of benzene rings is 1. The summed E-state index contributed by atoms with van der Waals surface area (Å²) in [7, 11) is 1.65. The van der Waals surface area contributed by atoms with E-state index in [-0.39, 0.29) is 0 Å². The fourth-order valence-electron chi connectivity index (χ4n) is 2.79. The molecule has 1 aromatic rings. The van der Waals surface area contributed by atoms with Gasteiger partial charge in [-0.3, -0.25) is 0 Å². The van der Waals surface area contributed by atoms with Gasteiger partial charge in [0, 0.05) is 18.3 Å². The average molecular weight is 293 g/mol. The summed E-state index contributed by atoms with van der Waals surface area (Å²) in [5.74, 6) is 1.42. The molecule has 21 heavy (non-hydrogen) atoms. The first-order valence-corrected chi connectivity index (χ1v) is 7.86. The van der Waals surface area contributed by atoms with Crippen molar-refractivity contribution in [2.24, 2.45) is 5.92 Å². The molecule has 1 saturated carbocycles. The van der Waals surface area contributed by atoms with Crippen molar-refractivity contribution in [3.8, 4) is 5.75 Å². The van der Waals surface area contributed by atoms with Crippen LogP contribution in [0.4, 0.5) is 5.69 Å². The maximum absolute atomic E-state index is 10.0. The molecule has 0 aliphatic heterocycles. The SMILES string of the molecule is COc1cccc(NCC(O)COC2CCCCC2C)c1. The molecule has 0 amide bonds. The van der Waals surface area contributed by atoms with Gasteiger partial charge in [-0.05, 0) is 30.9 Å². The van der Waals surface area contributed by atoms with Crippen LogP contribution in [0.5, 0.6) is 5.75 Å². The Kier molecular flexibility index (Phi) is 6.33. The zero-order valence-corrected chi connectivity index (χ0v) is 13.0. The third-order valence-corrected chi connectivity index (χ3v) is 4.15. The number of nitrogens with one attached hydrogen (secondary N) is 1. The highest BCUT2D eigenvalue weighted by Crippen LogP contribution is 2.26. The van der Waals surface area contributed by atoms with E-state index in [0.29, 0.717) is 25.2 Å². The molecule has 1 fully saturated rings. The number of hydrogen-bond donors (Lipinski definition) is 2. The lowest BCUT2D eigenvalue weighted by molar-refractivity contribution is -0.0424. The summed E-state index contributed by atoms with van der Waals surface area (Å²) in [6.07, 6.45) is 4.73. The van der Waals surface area contributed by atoms with Gasteiger partial charge < -0.3 is 19.9 Å². The van der Waals surface area contributed by atoms with Gasteiger partial charge in [0.2, 0.25) is 0 Å². The molecule has 0 saturated heterocycles. The van der Waals surface area contributed by atoms with Gasteiger partial charge >= 0.3 is 0 Å². The van der Waals surface area contributed by atoms with Crippen molar-refractivity contribution in [1.82, 2.24) is 0 Å². The molecular formula is C17H27NO3. The zero-order valence-electron chi connectivity index (χ0n) is 13.0. The summed E-state index contributed by atoms with van der Waals surface area (Å²) in [5, 5.41) is 13.2. The standard InChI is InChI=1S/C17H27NO3/c1-13-6-3-4-9-17(13)21-12-15(19)11-18-14-7-5-8-16(10-14)20-2/h5,7-8,10,13,15,17-19H,3-4,6,9,11-12H2,1-2H3. The first-order valence-electron chi connectivity index (χ1n) is 7.86. The summed E-state index contributed by atoms with van der Waals surface area (Å²) in [6.45, 7) is 3.12. The van der Waals surface area contributed by atoms with Gasteiger partial charge in [0.25, 0.3) is 0 Å². The van der Waals surface area contributed by atoms with Crippen LogP contribution in [0.2, 0.25) is 0 Å². The molecule has 4 nitrogen and oxygen atoms in total. The summed E-state index contributed by atoms with van der Waals surface area (Å²) < 4.78 is 11.0. The van der Waals surface area contributed by atoms with Gasteiger partial charge in [-0.25, -0.2) is 0 Å². The smallest absolute Gasteiger partial charge is 0.120 e. The third kappa shape index (κ3) is 5.21. The van der Waals surface area contributed by atoms with E-state index >= 15 is 0 Å². The fourth-order valence-corrected chi connectivity index (χ4v) is 2.79. The highest BCUT2D eigenvalue weighted by Gasteiger charge is 2.22. The Morgan fingerprint density at radius 3 is 2.90 bits per heavy atom. The third-order valence-electron chi connectivity index (χ3n) is 4.15. The maximum Gasteiger partial charge on any atom is 0.120 e. The lowest BCUT2D eigenvalue weighted by Crippen LogP contribution is -2.32. The minimum absolute atomic E-state index is 0.310. The molecule has 3 atom stereocenters. The van der Waals surface area contributed by atoms with Crippen LogP contribution in [0, 0.1) is 5.92 Å². The highest BCUT2D eigenvalue weighted by molar-refractivity contribution is 5.48. The maximum atomic E-state index is 10.0. The van der Waals surface area contributed by atoms with Crippen molar-refractivity contribution in [2.45, 2.75) is 44.8 Å². The van der Waals surface area contributed by atoms with Crippen molar-refractivity contribution in [3.63, 3.8) is 0 Å². The van der Waals surface area contributed by atoms with E-state index in [1.807, 2.05) is 24.3 Å². The van der Waals surface area contributed by atoms with E-state index in [1.165, 1.54) is 19.3 Å². The quantitative estimate of drug-likeness (QED) is 0.811. The van der Waals surface area contributed by atoms with Crippen LogP contribution in [-0.2, 0) is 4.74 Å². The van der Waals surface area contributed by atoms with Crippen LogP contribution >= 0.6 is 0 Å². The molecular weight excluding hydrogens is 266 g/mol. The monoisotopic (exact) mass is 293 g/mol. The predicted octanol–water partition coefficient (Wildman–Crippen LogP) is 3.06. The van der Waals surface area contributed by atoms with Crippen LogP contribution in [0.3, 0.4) is 0 Å². The normalized spacial score (nSPS) is 23.6. The molecule has 4 heteroatoms. The van der Waals surface area contributed by atoms with Gasteiger partial charge in [0.1, 0.15) is 5.75 Å². The minimum Gasteiger partial charge on any atom is -0.497 e. The lowest BCUT2D eigenvalue weighted by Gasteiger charge is -2.29. The van der Waals surface area contributed by atoms with Gasteiger partial charge in [-0.15, -0.1) is 0 Å². The van der Waals surface area contributed by atoms with Crippen LogP contribution in [0.15, 0.2) is 24.3 Å². The molecule has 2 N–H and O–H groups in total. The van der Waals surface area contributed by atoms with E-state index < -0.39 is 6.10 Å². The largest absolute Gasteiger partial charge is 0.497 e. The van der Waals surface area contributed by atoms with Crippen LogP contribution in [0.1, 0.15) is 32.6 Å². The Labute approximate surface area is 127 Å². The molecule has 118 valence electrons. The molecule has 2 rings (SSSR count). The van der Waals surface area contributed by atoms with E-state index in [2.05, 4.69) is 12.2 Å². The van der Waals surface area contributed by atoms with Crippen molar-refractivity contribution in [3.05, 3.63) is 24.3 Å². The number of aliphatic hydroxyl groups excluding tert-OH is 1. The Bertz CT molecular complexity index is 424. The van der Waals surface area contributed by atoms with Gasteiger partial charge in [0.05, 0.1) is 25.9 Å². The predicted molar refractivity (Wildman–Crippen MR) is 84.9 cm³/mol. The number of hydrogen-bond acceptors (Lipinski definition) is 4. The molecule has 0 bridgehead atoms. The molecule has 0 aromatic heterocycles. The molecule has 3 unspecified atom stereocenters. The van der Waals surface area contributed by atoms with E-state index in [0.717, 1.165) is 17.9 Å². The molecule has 1 aliphatic carbocycles. The topological polar surface area (TPSA) is 50.7 Å². The van der Waals surface area contributed by atoms with Gasteiger partial charge in [0.15, 0.2) is 0 Å². The van der Waals surface area contributed by atoms with Crippen molar-refractivity contribution in [1.29, 1.82) is 0 Å². The lowest BCUT2D eigenvalue weighted by atomic mass is 9.88. The van der Waals surface area contributed by atoms with Crippen molar-refractivity contribution < 1.29 is 14.6 Å². The summed E-state index contributed by atoms with van der Waals surface area (Å²) >= 11 is 0. The number of methoxy groups -OCH3 is 1. The highest BCUT2D eigenvalue weighted by atomic mass is 16.5. The Balaban J connectivity index is 1.70. The second-order valence-corrected chi connectivity index (χ2v) is 5.90. The molecule has 0 heterocycles. The van der Waals surface area contributed by atoms with Gasteiger partial charge in [-0.1, -0.05) is 25.8 Å². The minimum atomic E-state index is -0.495. The van der Waals surface area contributed by atoms with Crippen molar-refractivity contribution >= 4 is 5.69 Å². The second-order valence-electron chi connectivity index (χ2n) is 5.90. The number of aliphatic hydroxyl groups is 1. The zero-order chi connectivity index (χ0) is 15.1. The van der Waals surface area contributed by atoms with E-state index in [4.69, 9.17) is 9.47 Å². The molecule has 1 aromatic carbocycles. The summed E-state index contributed by atoms with van der Waals surface area (Å²) in [6, 6.07) is 7.69. The fraction of sp³-hybridized carbons (Fsp3) is 0.647. The van der Waals surface area contributed by atoms with Crippen LogP contribution < -0.4 is 10.1 Å². The average Bonchev–Trinajstić information content (AvgIpc) is 2.52. The number of rotatable bonds is 7. The van der Waals surface area contributed by atoms with Crippen LogP contribution in [0.25, 0.3) is 0 Å². The second kappa shape index (κ2) is 8.25. The molecule has 1 aliphatic rings. The van der Waals surface area contributed by atoms with Crippen LogP contribution in [-0.4, -0.2) is 37.6 Å². The van der Waals surface area contributed by atoms with E-state index in [1.54, 1.807) is 7.11 Å². The Morgan fingerprint density at radius 2 is 2.14 bits per heavy atom. The number of anilines is 1. The van der Waals surface area contributed by atoms with Crippen molar-refractivity contribution in [2.75, 3.05) is 25.6 Å². The first-order chi connectivity index (χ1) is 10.2. The number of ether oxygens (including phenoxy) is 2. The Hall–Kier alpha value is -1.26. The summed E-state index contributed by atoms with van der Waals surface area (Å²) in [5.41, 5.74) is 0.944. The van der Waals surface area contributed by atoms with E-state index in [9.17, 15) is 5.11 Å².